The number of hydrogen-bond donors (Lipinski definition) is 1. The molecular formula is C23H28N2O2. The number of aryl methyl sites for hydroxylation is 1. The first-order valence-corrected chi connectivity index (χ1v) is 9.70. The van der Waals surface area contributed by atoms with E-state index in [1.807, 2.05) is 24.0 Å². The summed E-state index contributed by atoms with van der Waals surface area (Å²) in [6.45, 7) is 3.62. The number of benzene rings is 2. The van der Waals surface area contributed by atoms with Crippen molar-refractivity contribution in [2.45, 2.75) is 52.0 Å². The Kier molecular flexibility index (Phi) is 5.94. The first-order chi connectivity index (χ1) is 13.0. The molecule has 0 aromatic heterocycles. The fraction of sp³-hybridized carbons (Fsp3) is 0.391. The van der Waals surface area contributed by atoms with Gasteiger partial charge in [0, 0.05) is 31.3 Å². The Morgan fingerprint density at radius 2 is 1.67 bits per heavy atom. The van der Waals surface area contributed by atoms with Crippen molar-refractivity contribution in [3.63, 3.8) is 0 Å². The molecule has 27 heavy (non-hydrogen) atoms. The maximum atomic E-state index is 12.1. The second kappa shape index (κ2) is 8.38. The van der Waals surface area contributed by atoms with Crippen LogP contribution in [0.25, 0.3) is 0 Å². The highest BCUT2D eigenvalue weighted by molar-refractivity contribution is 5.95. The van der Waals surface area contributed by atoms with Gasteiger partial charge in [0.05, 0.1) is 0 Å². The molecule has 2 amide bonds. The molecule has 4 nitrogen and oxygen atoms in total. The lowest BCUT2D eigenvalue weighted by Gasteiger charge is -2.28. The van der Waals surface area contributed by atoms with Crippen LogP contribution in [0.2, 0.25) is 0 Å². The minimum absolute atomic E-state index is 0.0559. The van der Waals surface area contributed by atoms with Crippen LogP contribution in [0.3, 0.4) is 0 Å². The second-order valence-corrected chi connectivity index (χ2v) is 7.40. The monoisotopic (exact) mass is 364 g/mol. The maximum Gasteiger partial charge on any atom is 0.251 e. The maximum absolute atomic E-state index is 12.1. The lowest BCUT2D eigenvalue weighted by Crippen LogP contribution is -2.37. The summed E-state index contributed by atoms with van der Waals surface area (Å²) >= 11 is 0. The van der Waals surface area contributed by atoms with Crippen molar-refractivity contribution in [1.29, 1.82) is 0 Å². The van der Waals surface area contributed by atoms with Gasteiger partial charge in [-0.3, -0.25) is 9.59 Å². The molecule has 0 spiro atoms. The third kappa shape index (κ3) is 4.38. The van der Waals surface area contributed by atoms with Gasteiger partial charge >= 0.3 is 0 Å². The lowest BCUT2D eigenvalue weighted by molar-refractivity contribution is -0.117. The fourth-order valence-electron chi connectivity index (χ4n) is 4.05. The zero-order chi connectivity index (χ0) is 19.4. The van der Waals surface area contributed by atoms with Crippen molar-refractivity contribution in [3.05, 3.63) is 64.7 Å². The molecule has 142 valence electrons. The van der Waals surface area contributed by atoms with Crippen LogP contribution >= 0.6 is 0 Å². The molecule has 2 aromatic carbocycles. The average molecular weight is 364 g/mol. The van der Waals surface area contributed by atoms with Crippen molar-refractivity contribution in [1.82, 2.24) is 5.32 Å². The summed E-state index contributed by atoms with van der Waals surface area (Å²) in [6, 6.07) is 14.6. The van der Waals surface area contributed by atoms with Crippen molar-refractivity contribution in [2.75, 3.05) is 11.9 Å². The number of hydrogen-bond acceptors (Lipinski definition) is 2. The quantitative estimate of drug-likeness (QED) is 0.863. The van der Waals surface area contributed by atoms with Crippen LogP contribution in [0.5, 0.6) is 0 Å². The molecule has 0 aliphatic heterocycles. The van der Waals surface area contributed by atoms with Crippen LogP contribution in [0, 0.1) is 6.92 Å². The standard InChI is InChI=1S/C23H28N2O2/c1-16-14-19(10-13-22(16)23(27)24-3)15-18-8-11-21(12-9-18)25(17(2)26)20-6-4-5-7-20/h8-14,20H,4-7,15H2,1-3H3,(H,24,27). The predicted octanol–water partition coefficient (Wildman–Crippen LogP) is 4.24. The normalized spacial score (nSPS) is 14.2. The molecule has 0 bridgehead atoms. The molecule has 0 saturated heterocycles. The Morgan fingerprint density at radius 1 is 1.04 bits per heavy atom. The van der Waals surface area contributed by atoms with E-state index in [-0.39, 0.29) is 11.8 Å². The van der Waals surface area contributed by atoms with E-state index in [1.54, 1.807) is 14.0 Å². The predicted molar refractivity (Wildman–Crippen MR) is 109 cm³/mol. The number of anilines is 1. The van der Waals surface area contributed by atoms with E-state index >= 15 is 0 Å². The molecule has 3 rings (SSSR count). The van der Waals surface area contributed by atoms with Crippen LogP contribution < -0.4 is 10.2 Å². The molecule has 0 heterocycles. The lowest BCUT2D eigenvalue weighted by atomic mass is 9.99. The van der Waals surface area contributed by atoms with Crippen LogP contribution in [0.1, 0.15) is 59.7 Å². The van der Waals surface area contributed by atoms with Crippen molar-refractivity contribution in [3.8, 4) is 0 Å². The zero-order valence-electron chi connectivity index (χ0n) is 16.4. The van der Waals surface area contributed by atoms with E-state index in [4.69, 9.17) is 0 Å². The topological polar surface area (TPSA) is 49.4 Å². The Morgan fingerprint density at radius 3 is 2.22 bits per heavy atom. The van der Waals surface area contributed by atoms with Crippen molar-refractivity contribution in [2.24, 2.45) is 0 Å². The molecule has 0 unspecified atom stereocenters. The van der Waals surface area contributed by atoms with E-state index < -0.39 is 0 Å². The number of carbonyl (C=O) groups excluding carboxylic acids is 2. The van der Waals surface area contributed by atoms with Crippen LogP contribution in [-0.4, -0.2) is 24.9 Å². The third-order valence-corrected chi connectivity index (χ3v) is 5.41. The number of nitrogens with one attached hydrogen (secondary N) is 1. The van der Waals surface area contributed by atoms with E-state index in [2.05, 4.69) is 35.6 Å². The first-order valence-electron chi connectivity index (χ1n) is 9.70. The van der Waals surface area contributed by atoms with Gasteiger partial charge in [-0.1, -0.05) is 37.1 Å². The minimum atomic E-state index is -0.0559. The summed E-state index contributed by atoms with van der Waals surface area (Å²) in [7, 11) is 1.65. The summed E-state index contributed by atoms with van der Waals surface area (Å²) in [5.41, 5.74) is 5.05. The zero-order valence-corrected chi connectivity index (χ0v) is 16.4. The van der Waals surface area contributed by atoms with E-state index in [9.17, 15) is 9.59 Å². The highest BCUT2D eigenvalue weighted by atomic mass is 16.2. The highest BCUT2D eigenvalue weighted by Gasteiger charge is 2.25. The van der Waals surface area contributed by atoms with Gasteiger partial charge in [0.25, 0.3) is 5.91 Å². The van der Waals surface area contributed by atoms with E-state index in [0.29, 0.717) is 11.6 Å². The Bertz CT molecular complexity index is 821. The molecule has 2 aromatic rings. The molecule has 1 saturated carbocycles. The number of rotatable bonds is 5. The molecular weight excluding hydrogens is 336 g/mol. The third-order valence-electron chi connectivity index (χ3n) is 5.41. The van der Waals surface area contributed by atoms with Gasteiger partial charge in [0.1, 0.15) is 0 Å². The van der Waals surface area contributed by atoms with Crippen molar-refractivity contribution >= 4 is 17.5 Å². The molecule has 0 atom stereocenters. The number of nitrogens with zero attached hydrogens (tertiary/aromatic N) is 1. The summed E-state index contributed by atoms with van der Waals surface area (Å²) in [5.74, 6) is 0.0645. The smallest absolute Gasteiger partial charge is 0.251 e. The fourth-order valence-corrected chi connectivity index (χ4v) is 4.05. The summed E-state index contributed by atoms with van der Waals surface area (Å²) in [6.07, 6.45) is 5.41. The Labute approximate surface area is 161 Å². The summed E-state index contributed by atoms with van der Waals surface area (Å²) < 4.78 is 0. The van der Waals surface area contributed by atoms with Gasteiger partial charge in [0.15, 0.2) is 0 Å². The summed E-state index contributed by atoms with van der Waals surface area (Å²) in [5, 5.41) is 2.67. The number of carbonyl (C=O) groups is 2. The van der Waals surface area contributed by atoms with Crippen molar-refractivity contribution < 1.29 is 9.59 Å². The van der Waals surface area contributed by atoms with Crippen LogP contribution in [0.15, 0.2) is 42.5 Å². The summed E-state index contributed by atoms with van der Waals surface area (Å²) in [4.78, 5) is 25.9. The SMILES string of the molecule is CNC(=O)c1ccc(Cc2ccc(N(C(C)=O)C3CCCC3)cc2)cc1C. The van der Waals surface area contributed by atoms with E-state index in [0.717, 1.165) is 30.5 Å². The Hall–Kier alpha value is -2.62. The molecule has 1 aliphatic carbocycles. The molecule has 4 heteroatoms. The Balaban J connectivity index is 1.74. The first kappa shape index (κ1) is 19.2. The minimum Gasteiger partial charge on any atom is -0.355 e. The highest BCUT2D eigenvalue weighted by Crippen LogP contribution is 2.29. The molecule has 1 N–H and O–H groups in total. The number of amides is 2. The molecule has 0 radical (unpaired) electrons. The van der Waals surface area contributed by atoms with Gasteiger partial charge < -0.3 is 10.2 Å². The van der Waals surface area contributed by atoms with Gasteiger partial charge in [-0.05, 0) is 61.1 Å². The van der Waals surface area contributed by atoms with Gasteiger partial charge in [-0.25, -0.2) is 0 Å². The van der Waals surface area contributed by atoms with Crippen LogP contribution in [-0.2, 0) is 11.2 Å². The van der Waals surface area contributed by atoms with Gasteiger partial charge in [-0.2, -0.15) is 0 Å². The molecule has 1 fully saturated rings. The molecule has 1 aliphatic rings. The van der Waals surface area contributed by atoms with Gasteiger partial charge in [-0.15, -0.1) is 0 Å². The largest absolute Gasteiger partial charge is 0.355 e. The van der Waals surface area contributed by atoms with Gasteiger partial charge in [0.2, 0.25) is 5.91 Å². The van der Waals surface area contributed by atoms with E-state index in [1.165, 1.54) is 24.0 Å². The van der Waals surface area contributed by atoms with Crippen LogP contribution in [0.4, 0.5) is 5.69 Å². The average Bonchev–Trinajstić information content (AvgIpc) is 3.16. The second-order valence-electron chi connectivity index (χ2n) is 7.40.